The average molecular weight is 298 g/mol. The quantitative estimate of drug-likeness (QED) is 0.869. The fourth-order valence-corrected chi connectivity index (χ4v) is 4.05. The molecule has 1 fully saturated rings. The molecule has 0 unspecified atom stereocenters. The van der Waals surface area contributed by atoms with Crippen molar-refractivity contribution in [1.29, 1.82) is 0 Å². The van der Waals surface area contributed by atoms with Crippen LogP contribution in [-0.4, -0.2) is 34.4 Å². The number of anilines is 1. The molecule has 0 atom stereocenters. The van der Waals surface area contributed by atoms with Crippen molar-refractivity contribution in [2.24, 2.45) is 5.92 Å². The normalized spacial score (nSPS) is 16.9. The molecule has 0 aromatic heterocycles. The first-order chi connectivity index (χ1) is 9.50. The molecule has 1 aromatic rings. The van der Waals surface area contributed by atoms with Crippen LogP contribution in [0.3, 0.4) is 0 Å². The standard InChI is InChI=1S/C14H22N2O3S/c1-11-9-13(3-4-14(11)19-2)16-20(17,18)10-12-5-7-15-8-6-12/h3-4,9,12,15-16H,5-8,10H2,1-2H3. The number of methoxy groups -OCH3 is 1. The maximum atomic E-state index is 12.2. The Hall–Kier alpha value is -1.27. The molecule has 20 heavy (non-hydrogen) atoms. The van der Waals surface area contributed by atoms with Gasteiger partial charge in [0.2, 0.25) is 10.0 Å². The first-order valence-electron chi connectivity index (χ1n) is 6.86. The van der Waals surface area contributed by atoms with Crippen molar-refractivity contribution in [3.8, 4) is 5.75 Å². The fourth-order valence-electron chi connectivity index (χ4n) is 2.52. The average Bonchev–Trinajstić information content (AvgIpc) is 2.39. The van der Waals surface area contributed by atoms with E-state index in [1.165, 1.54) is 0 Å². The van der Waals surface area contributed by atoms with Gasteiger partial charge in [-0.2, -0.15) is 0 Å². The van der Waals surface area contributed by atoms with Gasteiger partial charge in [-0.15, -0.1) is 0 Å². The number of nitrogens with one attached hydrogen (secondary N) is 2. The molecule has 1 saturated heterocycles. The van der Waals surface area contributed by atoms with E-state index < -0.39 is 10.0 Å². The number of ether oxygens (including phenoxy) is 1. The summed E-state index contributed by atoms with van der Waals surface area (Å²) < 4.78 is 32.2. The van der Waals surface area contributed by atoms with Gasteiger partial charge in [-0.25, -0.2) is 8.42 Å². The highest BCUT2D eigenvalue weighted by atomic mass is 32.2. The molecule has 0 aliphatic carbocycles. The Morgan fingerprint density at radius 2 is 2.05 bits per heavy atom. The van der Waals surface area contributed by atoms with Gasteiger partial charge in [0.1, 0.15) is 5.75 Å². The lowest BCUT2D eigenvalue weighted by atomic mass is 10.0. The lowest BCUT2D eigenvalue weighted by Gasteiger charge is -2.22. The molecule has 2 rings (SSSR count). The van der Waals surface area contributed by atoms with Gasteiger partial charge < -0.3 is 10.1 Å². The molecule has 6 heteroatoms. The number of piperidine rings is 1. The molecule has 1 aromatic carbocycles. The zero-order valence-electron chi connectivity index (χ0n) is 12.0. The second-order valence-corrected chi connectivity index (χ2v) is 7.03. The second-order valence-electron chi connectivity index (χ2n) is 5.26. The van der Waals surface area contributed by atoms with E-state index in [4.69, 9.17) is 4.74 Å². The van der Waals surface area contributed by atoms with Crippen LogP contribution >= 0.6 is 0 Å². The topological polar surface area (TPSA) is 67.4 Å². The van der Waals surface area contributed by atoms with Crippen LogP contribution in [0.5, 0.6) is 5.75 Å². The molecular formula is C14H22N2O3S. The molecule has 0 spiro atoms. The molecule has 5 nitrogen and oxygen atoms in total. The minimum Gasteiger partial charge on any atom is -0.496 e. The minimum absolute atomic E-state index is 0.194. The lowest BCUT2D eigenvalue weighted by molar-refractivity contribution is 0.402. The minimum atomic E-state index is -3.29. The van der Waals surface area contributed by atoms with Gasteiger partial charge in [0.05, 0.1) is 12.9 Å². The third-order valence-electron chi connectivity index (χ3n) is 3.58. The summed E-state index contributed by atoms with van der Waals surface area (Å²) in [6, 6.07) is 5.29. The van der Waals surface area contributed by atoms with Crippen LogP contribution in [0.1, 0.15) is 18.4 Å². The lowest BCUT2D eigenvalue weighted by Crippen LogP contribution is -2.33. The highest BCUT2D eigenvalue weighted by molar-refractivity contribution is 7.92. The van der Waals surface area contributed by atoms with Crippen LogP contribution in [0.15, 0.2) is 18.2 Å². The Morgan fingerprint density at radius 1 is 1.35 bits per heavy atom. The van der Waals surface area contributed by atoms with E-state index in [1.54, 1.807) is 25.3 Å². The van der Waals surface area contributed by atoms with Crippen LogP contribution in [0.25, 0.3) is 0 Å². The van der Waals surface area contributed by atoms with E-state index in [1.807, 2.05) is 6.92 Å². The highest BCUT2D eigenvalue weighted by Gasteiger charge is 2.21. The van der Waals surface area contributed by atoms with Gasteiger partial charge in [-0.05, 0) is 62.5 Å². The number of rotatable bonds is 5. The van der Waals surface area contributed by atoms with Crippen molar-refractivity contribution < 1.29 is 13.2 Å². The number of benzene rings is 1. The smallest absolute Gasteiger partial charge is 0.232 e. The summed E-state index contributed by atoms with van der Waals surface area (Å²) in [6.07, 6.45) is 1.84. The van der Waals surface area contributed by atoms with E-state index in [2.05, 4.69) is 10.0 Å². The first kappa shape index (κ1) is 15.1. The molecule has 0 amide bonds. The van der Waals surface area contributed by atoms with Crippen molar-refractivity contribution in [3.63, 3.8) is 0 Å². The molecule has 0 saturated carbocycles. The molecule has 0 radical (unpaired) electrons. The zero-order valence-corrected chi connectivity index (χ0v) is 12.8. The summed E-state index contributed by atoms with van der Waals surface area (Å²) in [5.74, 6) is 1.19. The van der Waals surface area contributed by atoms with E-state index in [0.29, 0.717) is 5.69 Å². The van der Waals surface area contributed by atoms with Gasteiger partial charge in [0.25, 0.3) is 0 Å². The Kier molecular flexibility index (Phi) is 4.88. The van der Waals surface area contributed by atoms with Gasteiger partial charge in [0.15, 0.2) is 0 Å². The van der Waals surface area contributed by atoms with Gasteiger partial charge in [0, 0.05) is 5.69 Å². The molecule has 0 bridgehead atoms. The van der Waals surface area contributed by atoms with Crippen LogP contribution in [0.2, 0.25) is 0 Å². The largest absolute Gasteiger partial charge is 0.496 e. The molecular weight excluding hydrogens is 276 g/mol. The predicted octanol–water partition coefficient (Wildman–Crippen LogP) is 1.74. The summed E-state index contributed by atoms with van der Waals surface area (Å²) in [5, 5.41) is 3.24. The highest BCUT2D eigenvalue weighted by Crippen LogP contribution is 2.23. The summed E-state index contributed by atoms with van der Waals surface area (Å²) in [4.78, 5) is 0. The number of aryl methyl sites for hydroxylation is 1. The Balaban J connectivity index is 2.02. The van der Waals surface area contributed by atoms with Crippen LogP contribution < -0.4 is 14.8 Å². The monoisotopic (exact) mass is 298 g/mol. The summed E-state index contributed by atoms with van der Waals surface area (Å²) in [5.41, 5.74) is 1.51. The Labute approximate surface area is 120 Å². The van der Waals surface area contributed by atoms with Gasteiger partial charge in [-0.3, -0.25) is 4.72 Å². The predicted molar refractivity (Wildman–Crippen MR) is 80.7 cm³/mol. The molecule has 1 heterocycles. The van der Waals surface area contributed by atoms with Crippen LogP contribution in [-0.2, 0) is 10.0 Å². The molecule has 2 N–H and O–H groups in total. The fraction of sp³-hybridized carbons (Fsp3) is 0.571. The molecule has 1 aliphatic heterocycles. The Morgan fingerprint density at radius 3 is 2.65 bits per heavy atom. The van der Waals surface area contributed by atoms with E-state index in [9.17, 15) is 8.42 Å². The number of hydrogen-bond acceptors (Lipinski definition) is 4. The summed E-state index contributed by atoms with van der Waals surface area (Å²) in [6.45, 7) is 3.70. The van der Waals surface area contributed by atoms with E-state index in [-0.39, 0.29) is 11.7 Å². The van der Waals surface area contributed by atoms with Crippen molar-refractivity contribution in [1.82, 2.24) is 5.32 Å². The van der Waals surface area contributed by atoms with Crippen molar-refractivity contribution in [2.45, 2.75) is 19.8 Å². The molecule has 112 valence electrons. The maximum absolute atomic E-state index is 12.2. The Bertz CT molecular complexity index is 552. The zero-order chi connectivity index (χ0) is 14.6. The SMILES string of the molecule is COc1ccc(NS(=O)(=O)CC2CCNCC2)cc1C. The number of hydrogen-bond donors (Lipinski definition) is 2. The van der Waals surface area contributed by atoms with Crippen LogP contribution in [0.4, 0.5) is 5.69 Å². The van der Waals surface area contributed by atoms with Gasteiger partial charge in [-0.1, -0.05) is 0 Å². The van der Waals surface area contributed by atoms with Gasteiger partial charge >= 0.3 is 0 Å². The van der Waals surface area contributed by atoms with Crippen molar-refractivity contribution >= 4 is 15.7 Å². The molecule has 1 aliphatic rings. The van der Waals surface area contributed by atoms with E-state index in [0.717, 1.165) is 37.2 Å². The summed E-state index contributed by atoms with van der Waals surface area (Å²) in [7, 11) is -1.69. The second kappa shape index (κ2) is 6.45. The van der Waals surface area contributed by atoms with E-state index >= 15 is 0 Å². The first-order valence-corrected chi connectivity index (χ1v) is 8.51. The number of sulfonamides is 1. The van der Waals surface area contributed by atoms with Crippen molar-refractivity contribution in [2.75, 3.05) is 30.7 Å². The van der Waals surface area contributed by atoms with Crippen molar-refractivity contribution in [3.05, 3.63) is 23.8 Å². The summed E-state index contributed by atoms with van der Waals surface area (Å²) >= 11 is 0. The third kappa shape index (κ3) is 4.11. The third-order valence-corrected chi connectivity index (χ3v) is 5.04. The maximum Gasteiger partial charge on any atom is 0.232 e. The van der Waals surface area contributed by atoms with Crippen LogP contribution in [0, 0.1) is 12.8 Å².